The lowest BCUT2D eigenvalue weighted by molar-refractivity contribution is -0.387. The number of nitrogens with one attached hydrogen (secondary N) is 1. The number of nitro benzene ring substituents is 4. The minimum atomic E-state index is -0.968. The molecule has 22 nitrogen and oxygen atoms in total. The maximum atomic E-state index is 14.0. The largest absolute Gasteiger partial charge is 0.392 e. The highest BCUT2D eigenvalue weighted by atomic mass is 35.5. The topological polar surface area (TPSA) is 300 Å². The van der Waals surface area contributed by atoms with Gasteiger partial charge in [0.15, 0.2) is 0 Å². The van der Waals surface area contributed by atoms with Crippen LogP contribution in [0.5, 0.6) is 0 Å². The van der Waals surface area contributed by atoms with E-state index in [1.165, 1.54) is 56.4 Å². The number of amides is 1. The van der Waals surface area contributed by atoms with Gasteiger partial charge >= 0.3 is 35.1 Å². The molecule has 0 saturated carbocycles. The number of rotatable bonds is 8. The first-order valence-electron chi connectivity index (χ1n) is 19.4. The van der Waals surface area contributed by atoms with E-state index in [9.17, 15) is 62.8 Å². The minimum Gasteiger partial charge on any atom is -0.392 e. The lowest BCUT2D eigenvalue weighted by Gasteiger charge is -2.34. The van der Waals surface area contributed by atoms with Gasteiger partial charge in [0.25, 0.3) is 0 Å². The van der Waals surface area contributed by atoms with Crippen LogP contribution >= 0.6 is 12.4 Å². The Hall–Kier alpha value is -7.44. The fraction of sp³-hybridized carbons (Fsp3) is 0.341. The molecule has 0 unspecified atom stereocenters. The van der Waals surface area contributed by atoms with Crippen LogP contribution in [0.1, 0.15) is 30.5 Å². The number of likely N-dealkylation sites (N-methyl/N-ethyl adjacent to an activating group) is 1. The normalized spacial score (nSPS) is 12.4. The average molecular weight is 987 g/mol. The van der Waals surface area contributed by atoms with Crippen LogP contribution in [0.15, 0.2) is 78.9 Å². The molecule has 2 saturated heterocycles. The smallest absolute Gasteiger partial charge is 0.373 e. The molecule has 2 heterocycles. The Morgan fingerprint density at radius 3 is 1.32 bits per heavy atom. The van der Waals surface area contributed by atoms with Crippen LogP contribution in [-0.4, -0.2) is 117 Å². The predicted octanol–water partition coefficient (Wildman–Crippen LogP) is 5.43. The summed E-state index contributed by atoms with van der Waals surface area (Å²) in [6.07, 6.45) is 0.966. The summed E-state index contributed by atoms with van der Waals surface area (Å²) < 4.78 is 52.4. The summed E-state index contributed by atoms with van der Waals surface area (Å²) in [5.41, 5.74) is -1.41. The first kappa shape index (κ1) is 62.6. The molecule has 0 radical (unpaired) electrons. The van der Waals surface area contributed by atoms with E-state index in [-0.39, 0.29) is 36.2 Å². The number of piperazine rings is 2. The highest BCUT2D eigenvalue weighted by Crippen LogP contribution is 2.23. The molecule has 1 amide bonds. The van der Waals surface area contributed by atoms with Gasteiger partial charge in [-0.25, -0.2) is 0 Å². The van der Waals surface area contributed by atoms with Crippen LogP contribution in [0.3, 0.4) is 0 Å². The maximum absolute atomic E-state index is 14.0. The molecule has 4 aromatic carbocycles. The van der Waals surface area contributed by atoms with Crippen molar-refractivity contribution in [1.82, 2.24) is 20.0 Å². The van der Waals surface area contributed by atoms with Crippen molar-refractivity contribution in [3.8, 4) is 0 Å². The molecule has 0 bridgehead atoms. The summed E-state index contributed by atoms with van der Waals surface area (Å²) in [4.78, 5) is 87.9. The van der Waals surface area contributed by atoms with Gasteiger partial charge < -0.3 is 20.2 Å². The highest BCUT2D eigenvalue weighted by Gasteiger charge is 2.23. The number of carbonyl (C=O) groups excluding carboxylic acids is 5. The summed E-state index contributed by atoms with van der Waals surface area (Å²) in [5.74, 6) is -3.22. The molecule has 2 aliphatic rings. The number of aliphatic hydroxyl groups excluding tert-OH is 1. The van der Waals surface area contributed by atoms with E-state index in [0.29, 0.717) is 50.3 Å². The van der Waals surface area contributed by atoms with E-state index in [4.69, 9.17) is 24.3 Å². The third kappa shape index (κ3) is 23.1. The van der Waals surface area contributed by atoms with E-state index in [0.717, 1.165) is 43.4 Å². The number of aliphatic hydroxyl groups is 1. The molecule has 0 aromatic heterocycles. The Morgan fingerprint density at radius 1 is 0.618 bits per heavy atom. The number of aryl methyl sites for hydroxylation is 1. The molecule has 2 fully saturated rings. The van der Waals surface area contributed by atoms with Crippen molar-refractivity contribution in [3.05, 3.63) is 159 Å². The number of hydrogen-bond donors (Lipinski definition) is 2. The zero-order chi connectivity index (χ0) is 51.1. The van der Waals surface area contributed by atoms with Crippen molar-refractivity contribution in [2.45, 2.75) is 33.4 Å². The SMILES string of the molecule is CC(=O)N1CCN(Cc2cccc([N+](=O)[O-])c2F)CC1.CCc1cccc([N+](=O)[O-])c1F.CN1CCNCC1.Cl.O=C=O.O=C=O.O=[N+]([O-])c1cccc(CO)c1F.O=[N+]([O-])c1ccccc1F. The maximum Gasteiger partial charge on any atom is 0.373 e. The van der Waals surface area contributed by atoms with Gasteiger partial charge in [-0.2, -0.15) is 36.7 Å². The summed E-state index contributed by atoms with van der Waals surface area (Å²) in [5, 5.41) is 52.9. The van der Waals surface area contributed by atoms with Gasteiger partial charge in [-0.3, -0.25) is 50.2 Å². The van der Waals surface area contributed by atoms with Crippen LogP contribution < -0.4 is 5.32 Å². The molecule has 0 aliphatic carbocycles. The molecule has 370 valence electrons. The Kier molecular flexibility index (Phi) is 32.1. The van der Waals surface area contributed by atoms with Crippen molar-refractivity contribution in [3.63, 3.8) is 0 Å². The third-order valence-electron chi connectivity index (χ3n) is 8.92. The van der Waals surface area contributed by atoms with Crippen molar-refractivity contribution < 1.29 is 66.3 Å². The number of carbonyl (C=O) groups is 1. The highest BCUT2D eigenvalue weighted by molar-refractivity contribution is 5.85. The van der Waals surface area contributed by atoms with Crippen molar-refractivity contribution in [2.24, 2.45) is 0 Å². The quantitative estimate of drug-likeness (QED) is 0.126. The van der Waals surface area contributed by atoms with Crippen molar-refractivity contribution in [2.75, 3.05) is 59.4 Å². The van der Waals surface area contributed by atoms with E-state index in [2.05, 4.69) is 17.3 Å². The van der Waals surface area contributed by atoms with Crippen LogP contribution in [0.4, 0.5) is 40.3 Å². The fourth-order valence-corrected chi connectivity index (χ4v) is 5.48. The third-order valence-corrected chi connectivity index (χ3v) is 8.92. The summed E-state index contributed by atoms with van der Waals surface area (Å²) in [6, 6.07) is 17.1. The minimum absolute atomic E-state index is 0. The fourth-order valence-electron chi connectivity index (χ4n) is 5.48. The summed E-state index contributed by atoms with van der Waals surface area (Å²) >= 11 is 0. The second-order valence-electron chi connectivity index (χ2n) is 13.2. The second kappa shape index (κ2) is 34.8. The van der Waals surface area contributed by atoms with Gasteiger partial charge in [0.2, 0.25) is 29.2 Å². The number of para-hydroxylation sites is 1. The monoisotopic (exact) mass is 986 g/mol. The standard InChI is InChI=1S/C13H16FN3O3.C8H8FNO2.C7H6FNO3.C6H4FNO2.C5H12N2.2CO2.ClH/c1-10(18)16-7-5-15(6-8-16)9-11-3-2-4-12(13(11)14)17(19)20;1-2-6-4-3-5-7(8(6)9)10(11)12;8-7-5(4-10)2-1-3-6(7)9(11)12;7-5-3-1-2-4-6(5)8(9)10;1-7-4-2-6-3-5-7;2*2-1-3;/h2-4H,5-9H2,1H3;3-5H,2H2,1H3;1-3,10H,4H2;1-4H;6H,2-5H2,1H3;;;1H. The van der Waals surface area contributed by atoms with E-state index >= 15 is 0 Å². The number of benzene rings is 4. The van der Waals surface area contributed by atoms with Crippen LogP contribution in [0.25, 0.3) is 0 Å². The molecular formula is C41H47ClF4N8O14. The summed E-state index contributed by atoms with van der Waals surface area (Å²) in [6.45, 7) is 10.3. The van der Waals surface area contributed by atoms with Crippen LogP contribution in [0.2, 0.25) is 0 Å². The zero-order valence-corrected chi connectivity index (χ0v) is 37.4. The molecule has 4 aromatic rings. The number of nitrogens with zero attached hydrogens (tertiary/aromatic N) is 7. The molecule has 2 aliphatic heterocycles. The Labute approximate surface area is 391 Å². The first-order valence-corrected chi connectivity index (χ1v) is 19.4. The molecule has 0 spiro atoms. The molecule has 2 N–H and O–H groups in total. The van der Waals surface area contributed by atoms with Gasteiger partial charge in [0.1, 0.15) is 0 Å². The van der Waals surface area contributed by atoms with Crippen LogP contribution in [-0.2, 0) is 43.5 Å². The molecular weight excluding hydrogens is 940 g/mol. The first-order chi connectivity index (χ1) is 31.8. The van der Waals surface area contributed by atoms with E-state index < -0.39 is 72.3 Å². The number of halogens is 5. The molecule has 0 atom stereocenters. The van der Waals surface area contributed by atoms with E-state index in [1.54, 1.807) is 24.0 Å². The average Bonchev–Trinajstić information content (AvgIpc) is 3.29. The number of nitro groups is 4. The zero-order valence-electron chi connectivity index (χ0n) is 36.6. The summed E-state index contributed by atoms with van der Waals surface area (Å²) in [7, 11) is 2.15. The van der Waals surface area contributed by atoms with Crippen molar-refractivity contribution in [1.29, 1.82) is 0 Å². The second-order valence-corrected chi connectivity index (χ2v) is 13.2. The Balaban J connectivity index is 0. The predicted molar refractivity (Wildman–Crippen MR) is 233 cm³/mol. The lowest BCUT2D eigenvalue weighted by atomic mass is 10.1. The lowest BCUT2D eigenvalue weighted by Crippen LogP contribution is -2.47. The van der Waals surface area contributed by atoms with E-state index in [1.807, 2.05) is 4.90 Å². The van der Waals surface area contributed by atoms with Gasteiger partial charge in [0.05, 0.1) is 26.3 Å². The van der Waals surface area contributed by atoms with Gasteiger partial charge in [0, 0.05) is 101 Å². The van der Waals surface area contributed by atoms with Gasteiger partial charge in [-0.1, -0.05) is 55.5 Å². The Bertz CT molecular complexity index is 2240. The number of hydrogen-bond acceptors (Lipinski definition) is 17. The van der Waals surface area contributed by atoms with Gasteiger partial charge in [-0.15, -0.1) is 12.4 Å². The van der Waals surface area contributed by atoms with Crippen molar-refractivity contribution >= 4 is 53.4 Å². The van der Waals surface area contributed by atoms with Gasteiger partial charge in [-0.05, 0) is 25.1 Å². The molecule has 6 rings (SSSR count). The molecule has 27 heteroatoms. The van der Waals surface area contributed by atoms with Crippen LogP contribution in [0, 0.1) is 63.7 Å². The Morgan fingerprint density at radius 2 is 0.985 bits per heavy atom. The molecule has 68 heavy (non-hydrogen) atoms.